The fourth-order valence-electron chi connectivity index (χ4n) is 2.35. The second-order valence-electron chi connectivity index (χ2n) is 5.71. The number of para-hydroxylation sites is 1. The van der Waals surface area contributed by atoms with E-state index in [0.717, 1.165) is 0 Å². The Morgan fingerprint density at radius 1 is 1.00 bits per heavy atom. The van der Waals surface area contributed by atoms with Crippen molar-refractivity contribution in [2.24, 2.45) is 0 Å². The highest BCUT2D eigenvalue weighted by Gasteiger charge is 2.14. The topological polar surface area (TPSA) is 96.5 Å². The molecule has 3 amide bonds. The maximum absolute atomic E-state index is 12.4. The fraction of sp³-hybridized carbons (Fsp3) is 0.190. The Morgan fingerprint density at radius 3 is 2.39 bits per heavy atom. The van der Waals surface area contributed by atoms with Gasteiger partial charge in [0.2, 0.25) is 5.91 Å². The van der Waals surface area contributed by atoms with Crippen molar-refractivity contribution in [3.63, 3.8) is 0 Å². The molecule has 0 saturated heterocycles. The number of benzene rings is 2. The molecule has 0 spiro atoms. The third kappa shape index (κ3) is 5.88. The molecule has 0 aliphatic heterocycles. The van der Waals surface area contributed by atoms with Crippen LogP contribution in [0.4, 0.5) is 5.69 Å². The Kier molecular flexibility index (Phi) is 7.61. The van der Waals surface area contributed by atoms with Gasteiger partial charge in [-0.1, -0.05) is 18.1 Å². The Morgan fingerprint density at radius 2 is 1.71 bits per heavy atom. The molecule has 7 heteroatoms. The molecule has 0 aliphatic rings. The number of anilines is 1. The van der Waals surface area contributed by atoms with Crippen molar-refractivity contribution in [3.8, 4) is 18.1 Å². The lowest BCUT2D eigenvalue weighted by molar-refractivity contribution is -0.120. The zero-order chi connectivity index (χ0) is 20.4. The SMILES string of the molecule is C#CCNC(=O)CCNC(=O)c1ccccc1NC(=O)c1ccc(OC)cc1. The van der Waals surface area contributed by atoms with E-state index < -0.39 is 5.91 Å². The van der Waals surface area contributed by atoms with Gasteiger partial charge in [0.15, 0.2) is 0 Å². The number of terminal acetylenes is 1. The van der Waals surface area contributed by atoms with Gasteiger partial charge in [-0.05, 0) is 36.4 Å². The lowest BCUT2D eigenvalue weighted by Gasteiger charge is -2.12. The van der Waals surface area contributed by atoms with E-state index in [1.54, 1.807) is 55.6 Å². The molecular weight excluding hydrogens is 358 g/mol. The standard InChI is InChI=1S/C21H21N3O4/c1-3-13-22-19(25)12-14-23-21(27)17-6-4-5-7-18(17)24-20(26)15-8-10-16(28-2)11-9-15/h1,4-11H,12-14H2,2H3,(H,22,25)(H,23,27)(H,24,26). The van der Waals surface area contributed by atoms with Crippen molar-refractivity contribution in [2.75, 3.05) is 25.5 Å². The van der Waals surface area contributed by atoms with Gasteiger partial charge in [-0.2, -0.15) is 0 Å². The molecule has 2 rings (SSSR count). The molecule has 0 fully saturated rings. The summed E-state index contributed by atoms with van der Waals surface area (Å²) in [5.74, 6) is 1.95. The van der Waals surface area contributed by atoms with E-state index in [1.807, 2.05) is 0 Å². The molecule has 144 valence electrons. The molecule has 0 bridgehead atoms. The highest BCUT2D eigenvalue weighted by molar-refractivity contribution is 6.09. The number of carbonyl (C=O) groups is 3. The average Bonchev–Trinajstić information content (AvgIpc) is 2.72. The van der Waals surface area contributed by atoms with Crippen LogP contribution >= 0.6 is 0 Å². The molecule has 2 aromatic rings. The number of hydrogen-bond donors (Lipinski definition) is 3. The molecule has 0 radical (unpaired) electrons. The van der Waals surface area contributed by atoms with E-state index in [4.69, 9.17) is 11.2 Å². The summed E-state index contributed by atoms with van der Waals surface area (Å²) in [6, 6.07) is 13.3. The second-order valence-corrected chi connectivity index (χ2v) is 5.71. The van der Waals surface area contributed by atoms with Gasteiger partial charge < -0.3 is 20.7 Å². The van der Waals surface area contributed by atoms with Crippen molar-refractivity contribution in [2.45, 2.75) is 6.42 Å². The highest BCUT2D eigenvalue weighted by atomic mass is 16.5. The van der Waals surface area contributed by atoms with E-state index in [2.05, 4.69) is 21.9 Å². The van der Waals surface area contributed by atoms with E-state index in [9.17, 15) is 14.4 Å². The van der Waals surface area contributed by atoms with Crippen LogP contribution in [-0.2, 0) is 4.79 Å². The van der Waals surface area contributed by atoms with Crippen LogP contribution < -0.4 is 20.7 Å². The highest BCUT2D eigenvalue weighted by Crippen LogP contribution is 2.17. The summed E-state index contributed by atoms with van der Waals surface area (Å²) in [6.07, 6.45) is 5.17. The van der Waals surface area contributed by atoms with Crippen LogP contribution in [0.5, 0.6) is 5.75 Å². The minimum Gasteiger partial charge on any atom is -0.497 e. The molecule has 2 aromatic carbocycles. The van der Waals surface area contributed by atoms with Gasteiger partial charge >= 0.3 is 0 Å². The number of ether oxygens (including phenoxy) is 1. The summed E-state index contributed by atoms with van der Waals surface area (Å²) < 4.78 is 5.07. The van der Waals surface area contributed by atoms with Crippen molar-refractivity contribution < 1.29 is 19.1 Å². The number of amides is 3. The first-order valence-corrected chi connectivity index (χ1v) is 8.58. The fourth-order valence-corrected chi connectivity index (χ4v) is 2.35. The first-order valence-electron chi connectivity index (χ1n) is 8.58. The van der Waals surface area contributed by atoms with Crippen LogP contribution in [-0.4, -0.2) is 37.9 Å². The number of nitrogens with one attached hydrogen (secondary N) is 3. The first kappa shape index (κ1) is 20.5. The zero-order valence-electron chi connectivity index (χ0n) is 15.5. The molecule has 0 aromatic heterocycles. The summed E-state index contributed by atoms with van der Waals surface area (Å²) in [5.41, 5.74) is 1.10. The van der Waals surface area contributed by atoms with Crippen LogP contribution in [0.25, 0.3) is 0 Å². The van der Waals surface area contributed by atoms with Crippen molar-refractivity contribution >= 4 is 23.4 Å². The summed E-state index contributed by atoms with van der Waals surface area (Å²) in [5, 5.41) is 7.90. The third-order valence-corrected chi connectivity index (χ3v) is 3.80. The van der Waals surface area contributed by atoms with Crippen LogP contribution in [0.1, 0.15) is 27.1 Å². The van der Waals surface area contributed by atoms with Gasteiger partial charge in [-0.3, -0.25) is 14.4 Å². The monoisotopic (exact) mass is 379 g/mol. The third-order valence-electron chi connectivity index (χ3n) is 3.80. The number of rotatable bonds is 8. The zero-order valence-corrected chi connectivity index (χ0v) is 15.5. The number of methoxy groups -OCH3 is 1. The van der Waals surface area contributed by atoms with Gasteiger partial charge in [0.25, 0.3) is 11.8 Å². The van der Waals surface area contributed by atoms with Gasteiger partial charge in [-0.25, -0.2) is 0 Å². The molecule has 28 heavy (non-hydrogen) atoms. The van der Waals surface area contributed by atoms with Crippen LogP contribution in [0.2, 0.25) is 0 Å². The van der Waals surface area contributed by atoms with Crippen LogP contribution in [0.3, 0.4) is 0 Å². The molecule has 0 saturated carbocycles. The van der Waals surface area contributed by atoms with Gasteiger partial charge in [0.05, 0.1) is 24.9 Å². The second kappa shape index (κ2) is 10.4. The Hall–Kier alpha value is -3.79. The summed E-state index contributed by atoms with van der Waals surface area (Å²) >= 11 is 0. The van der Waals surface area contributed by atoms with Crippen LogP contribution in [0, 0.1) is 12.3 Å². The van der Waals surface area contributed by atoms with Gasteiger partial charge in [-0.15, -0.1) is 6.42 Å². The predicted octanol–water partition coefficient (Wildman–Crippen LogP) is 1.82. The van der Waals surface area contributed by atoms with Crippen molar-refractivity contribution in [3.05, 3.63) is 59.7 Å². The smallest absolute Gasteiger partial charge is 0.255 e. The Balaban J connectivity index is 1.99. The van der Waals surface area contributed by atoms with Gasteiger partial charge in [0.1, 0.15) is 5.75 Å². The van der Waals surface area contributed by atoms with E-state index in [0.29, 0.717) is 22.6 Å². The Bertz CT molecular complexity index is 885. The molecule has 0 heterocycles. The summed E-state index contributed by atoms with van der Waals surface area (Å²) in [7, 11) is 1.54. The molecular formula is C21H21N3O4. The molecule has 0 atom stereocenters. The van der Waals surface area contributed by atoms with Crippen molar-refractivity contribution in [1.82, 2.24) is 10.6 Å². The van der Waals surface area contributed by atoms with E-state index in [1.165, 1.54) is 0 Å². The number of hydrogen-bond acceptors (Lipinski definition) is 4. The maximum Gasteiger partial charge on any atom is 0.255 e. The first-order chi connectivity index (χ1) is 13.5. The normalized spacial score (nSPS) is 9.71. The molecule has 3 N–H and O–H groups in total. The predicted molar refractivity (Wildman–Crippen MR) is 106 cm³/mol. The number of carbonyl (C=O) groups excluding carboxylic acids is 3. The van der Waals surface area contributed by atoms with Crippen molar-refractivity contribution in [1.29, 1.82) is 0 Å². The minimum atomic E-state index is -0.393. The van der Waals surface area contributed by atoms with E-state index >= 15 is 0 Å². The largest absolute Gasteiger partial charge is 0.497 e. The maximum atomic E-state index is 12.4. The molecule has 0 aliphatic carbocycles. The lowest BCUT2D eigenvalue weighted by atomic mass is 10.1. The minimum absolute atomic E-state index is 0.105. The Labute approximate surface area is 163 Å². The molecule has 7 nitrogen and oxygen atoms in total. The average molecular weight is 379 g/mol. The van der Waals surface area contributed by atoms with Crippen LogP contribution in [0.15, 0.2) is 48.5 Å². The summed E-state index contributed by atoms with van der Waals surface area (Å²) in [4.78, 5) is 36.4. The quantitative estimate of drug-likeness (QED) is 0.610. The van der Waals surface area contributed by atoms with E-state index in [-0.39, 0.29) is 31.3 Å². The lowest BCUT2D eigenvalue weighted by Crippen LogP contribution is -2.31. The molecule has 0 unspecified atom stereocenters. The van der Waals surface area contributed by atoms with Gasteiger partial charge in [0, 0.05) is 18.5 Å². The summed E-state index contributed by atoms with van der Waals surface area (Å²) in [6.45, 7) is 0.295.